The topological polar surface area (TPSA) is 79.2 Å². The highest BCUT2D eigenvalue weighted by Gasteiger charge is 2.45. The molecule has 136 valence electrons. The second kappa shape index (κ2) is 6.76. The molecule has 25 heavy (non-hydrogen) atoms. The summed E-state index contributed by atoms with van der Waals surface area (Å²) in [5.41, 5.74) is 0.930. The van der Waals surface area contributed by atoms with E-state index in [-0.39, 0.29) is 23.6 Å². The zero-order valence-corrected chi connectivity index (χ0v) is 15.4. The number of nitrogens with zero attached hydrogens (tertiary/aromatic N) is 2. The van der Waals surface area contributed by atoms with Crippen LogP contribution in [0.1, 0.15) is 18.4 Å². The Balaban J connectivity index is 1.86. The van der Waals surface area contributed by atoms with Crippen molar-refractivity contribution in [1.29, 1.82) is 0 Å². The van der Waals surface area contributed by atoms with E-state index in [2.05, 4.69) is 7.05 Å². The van der Waals surface area contributed by atoms with Crippen molar-refractivity contribution in [2.75, 3.05) is 33.2 Å². The maximum absolute atomic E-state index is 12.9. The van der Waals surface area contributed by atoms with Gasteiger partial charge in [0.15, 0.2) is 0 Å². The van der Waals surface area contributed by atoms with Crippen LogP contribution < -0.4 is 4.90 Å². The van der Waals surface area contributed by atoms with E-state index in [0.717, 1.165) is 23.0 Å². The number of nitrogens with one attached hydrogen (secondary N) is 1. The number of rotatable bonds is 3. The van der Waals surface area contributed by atoms with Crippen LogP contribution in [0, 0.1) is 6.92 Å². The summed E-state index contributed by atoms with van der Waals surface area (Å²) in [5.74, 6) is -0.757. The molecule has 2 amide bonds. The minimum absolute atomic E-state index is 0.0500. The van der Waals surface area contributed by atoms with Gasteiger partial charge >= 0.3 is 0 Å². The Kier molecular flexibility index (Phi) is 4.83. The van der Waals surface area contributed by atoms with Crippen LogP contribution >= 0.6 is 0 Å². The van der Waals surface area contributed by atoms with Gasteiger partial charge in [0.05, 0.1) is 38.1 Å². The molecule has 0 saturated carbocycles. The van der Waals surface area contributed by atoms with Crippen molar-refractivity contribution in [3.8, 4) is 0 Å². The van der Waals surface area contributed by atoms with Gasteiger partial charge in [-0.3, -0.25) is 9.59 Å². The quantitative estimate of drug-likeness (QED) is 0.747. The summed E-state index contributed by atoms with van der Waals surface area (Å²) in [6.45, 7) is 4.70. The number of piperazine rings is 1. The minimum Gasteiger partial charge on any atom is -0.334 e. The van der Waals surface area contributed by atoms with E-state index < -0.39 is 22.0 Å². The van der Waals surface area contributed by atoms with Gasteiger partial charge in [-0.15, -0.1) is 0 Å². The number of carbonyl (C=O) groups excluding carboxylic acids is 2. The number of likely N-dealkylation sites (N-methyl/N-ethyl adjacent to an activating group) is 1. The second-order valence-corrected chi connectivity index (χ2v) is 8.66. The van der Waals surface area contributed by atoms with Gasteiger partial charge in [0, 0.05) is 6.42 Å². The van der Waals surface area contributed by atoms with Crippen LogP contribution in [0.25, 0.3) is 0 Å². The third-order valence-corrected chi connectivity index (χ3v) is 6.80. The average Bonchev–Trinajstić information content (AvgIpc) is 2.98. The average molecular weight is 366 g/mol. The molecule has 0 radical (unpaired) electrons. The first-order valence-electron chi connectivity index (χ1n) is 8.55. The van der Waals surface area contributed by atoms with E-state index >= 15 is 0 Å². The van der Waals surface area contributed by atoms with Gasteiger partial charge in [0.1, 0.15) is 6.04 Å². The predicted octanol–water partition coefficient (Wildman–Crippen LogP) is -0.968. The summed E-state index contributed by atoms with van der Waals surface area (Å²) < 4.78 is 26.7. The maximum atomic E-state index is 12.9. The number of benzene rings is 1. The highest BCUT2D eigenvalue weighted by molar-refractivity contribution is 7.89. The number of quaternary nitrogens is 1. The van der Waals surface area contributed by atoms with Crippen LogP contribution in [0.2, 0.25) is 0 Å². The molecule has 2 aliphatic rings. The van der Waals surface area contributed by atoms with Gasteiger partial charge in [-0.25, -0.2) is 12.7 Å². The van der Waals surface area contributed by atoms with Crippen LogP contribution in [0.15, 0.2) is 29.2 Å². The summed E-state index contributed by atoms with van der Waals surface area (Å²) in [4.78, 5) is 28.2. The number of amides is 2. The highest BCUT2D eigenvalue weighted by atomic mass is 32.2. The van der Waals surface area contributed by atoms with Gasteiger partial charge in [-0.05, 0) is 25.5 Å². The molecule has 8 heteroatoms. The molecule has 2 fully saturated rings. The van der Waals surface area contributed by atoms with Crippen molar-refractivity contribution >= 4 is 21.8 Å². The molecule has 1 aromatic carbocycles. The Morgan fingerprint density at radius 1 is 1.16 bits per heavy atom. The van der Waals surface area contributed by atoms with Crippen LogP contribution in [-0.2, 0) is 19.6 Å². The smallest absolute Gasteiger partial charge is 0.267 e. The van der Waals surface area contributed by atoms with Gasteiger partial charge in [0.25, 0.3) is 10.0 Å². The molecule has 1 atom stereocenters. The lowest BCUT2D eigenvalue weighted by Crippen LogP contribution is -3.12. The number of aryl methyl sites for hydroxylation is 1. The number of sulfonamides is 1. The largest absolute Gasteiger partial charge is 0.334 e. The van der Waals surface area contributed by atoms with E-state index in [4.69, 9.17) is 0 Å². The molecule has 2 aliphatic heterocycles. The summed E-state index contributed by atoms with van der Waals surface area (Å²) >= 11 is 0. The summed E-state index contributed by atoms with van der Waals surface area (Å²) in [6, 6.07) is 5.42. The highest BCUT2D eigenvalue weighted by Crippen LogP contribution is 2.28. The van der Waals surface area contributed by atoms with Crippen LogP contribution in [0.3, 0.4) is 0 Å². The predicted molar refractivity (Wildman–Crippen MR) is 91.4 cm³/mol. The molecule has 2 heterocycles. The molecular formula is C17H24N3O4S+. The fourth-order valence-electron chi connectivity index (χ4n) is 3.33. The zero-order valence-electron chi connectivity index (χ0n) is 14.6. The molecule has 0 unspecified atom stereocenters. The molecule has 2 saturated heterocycles. The molecule has 0 spiro atoms. The molecule has 7 nitrogen and oxygen atoms in total. The number of hydrogen-bond acceptors (Lipinski definition) is 4. The summed E-state index contributed by atoms with van der Waals surface area (Å²) in [6.07, 6.45) is 0.336. The first kappa shape index (κ1) is 17.9. The Morgan fingerprint density at radius 3 is 2.36 bits per heavy atom. The molecule has 1 aromatic rings. The van der Waals surface area contributed by atoms with Crippen molar-refractivity contribution in [3.05, 3.63) is 29.8 Å². The van der Waals surface area contributed by atoms with Crippen LogP contribution in [0.4, 0.5) is 0 Å². The molecule has 0 aliphatic carbocycles. The summed E-state index contributed by atoms with van der Waals surface area (Å²) in [7, 11) is -1.95. The third kappa shape index (κ3) is 3.41. The van der Waals surface area contributed by atoms with Gasteiger partial charge < -0.3 is 9.80 Å². The Labute approximate surface area is 148 Å². The second-order valence-electron chi connectivity index (χ2n) is 6.84. The monoisotopic (exact) mass is 366 g/mol. The fraction of sp³-hybridized carbons (Fsp3) is 0.529. The Bertz CT molecular complexity index is 768. The Morgan fingerprint density at radius 2 is 1.76 bits per heavy atom. The first-order valence-corrected chi connectivity index (χ1v) is 9.99. The van der Waals surface area contributed by atoms with E-state index in [1.54, 1.807) is 17.0 Å². The van der Waals surface area contributed by atoms with Crippen LogP contribution in [-0.4, -0.2) is 68.7 Å². The molecule has 1 N–H and O–H groups in total. The van der Waals surface area contributed by atoms with Gasteiger partial charge in [-0.2, -0.15) is 0 Å². The molecule has 0 bridgehead atoms. The standard InChI is InChI=1S/C17H23N3O4S/c1-13-3-5-14(6-4-13)25(23,24)20-15(7-8-16(20)21)17(22)19-11-9-18(2)10-12-19/h3-6,15H,7-12H2,1-2H3/p+1/t15-/m1/s1. The van der Waals surface area contributed by atoms with E-state index in [0.29, 0.717) is 13.1 Å². The normalized spacial score (nSPS) is 22.5. The van der Waals surface area contributed by atoms with Gasteiger partial charge in [-0.1, -0.05) is 17.7 Å². The minimum atomic E-state index is -4.02. The maximum Gasteiger partial charge on any atom is 0.267 e. The van der Waals surface area contributed by atoms with Crippen molar-refractivity contribution in [2.45, 2.75) is 30.7 Å². The zero-order chi connectivity index (χ0) is 18.2. The number of carbonyl (C=O) groups is 2. The Hall–Kier alpha value is -1.93. The molecule has 3 rings (SSSR count). The lowest BCUT2D eigenvalue weighted by Gasteiger charge is -2.33. The van der Waals surface area contributed by atoms with Crippen LogP contribution in [0.5, 0.6) is 0 Å². The fourth-order valence-corrected chi connectivity index (χ4v) is 4.93. The van der Waals surface area contributed by atoms with Crippen molar-refractivity contribution in [3.63, 3.8) is 0 Å². The molecule has 0 aromatic heterocycles. The van der Waals surface area contributed by atoms with Crippen molar-refractivity contribution in [2.24, 2.45) is 0 Å². The summed E-state index contributed by atoms with van der Waals surface area (Å²) in [5, 5.41) is 0. The van der Waals surface area contributed by atoms with Crippen molar-refractivity contribution in [1.82, 2.24) is 9.21 Å². The third-order valence-electron chi connectivity index (χ3n) is 4.95. The first-order chi connectivity index (χ1) is 11.8. The van der Waals surface area contributed by atoms with Gasteiger partial charge in [0.2, 0.25) is 11.8 Å². The van der Waals surface area contributed by atoms with E-state index in [1.807, 2.05) is 6.92 Å². The molecular weight excluding hydrogens is 342 g/mol. The lowest BCUT2D eigenvalue weighted by atomic mass is 10.2. The SMILES string of the molecule is Cc1ccc(S(=O)(=O)N2C(=O)CC[C@@H]2C(=O)N2CC[NH+](C)CC2)cc1. The van der Waals surface area contributed by atoms with Crippen molar-refractivity contribution < 1.29 is 22.9 Å². The lowest BCUT2D eigenvalue weighted by molar-refractivity contribution is -0.883. The van der Waals surface area contributed by atoms with E-state index in [9.17, 15) is 18.0 Å². The number of hydrogen-bond donors (Lipinski definition) is 1. The van der Waals surface area contributed by atoms with E-state index in [1.165, 1.54) is 17.0 Å².